The van der Waals surface area contributed by atoms with Gasteiger partial charge in [0.2, 0.25) is 0 Å². The molecule has 1 aliphatic rings. The van der Waals surface area contributed by atoms with Crippen LogP contribution in [0, 0.1) is 5.92 Å². The summed E-state index contributed by atoms with van der Waals surface area (Å²) in [4.78, 5) is 23.0. The van der Waals surface area contributed by atoms with Gasteiger partial charge in [0.05, 0.1) is 6.42 Å². The first-order valence-corrected chi connectivity index (χ1v) is 4.38. The molecule has 0 spiro atoms. The monoisotopic (exact) mass is 186 g/mol. The average molecular weight is 186 g/mol. The first-order valence-electron chi connectivity index (χ1n) is 4.38. The van der Waals surface area contributed by atoms with Crippen molar-refractivity contribution in [3.8, 4) is 0 Å². The van der Waals surface area contributed by atoms with Crippen LogP contribution >= 0.6 is 0 Å². The molecule has 0 bridgehead atoms. The van der Waals surface area contributed by atoms with E-state index in [-0.39, 0.29) is 18.4 Å². The molecule has 0 aromatic rings. The highest BCUT2D eigenvalue weighted by Gasteiger charge is 2.31. The quantitative estimate of drug-likeness (QED) is 0.657. The summed E-state index contributed by atoms with van der Waals surface area (Å²) in [6, 6.07) is -0.0934. The van der Waals surface area contributed by atoms with E-state index in [1.165, 1.54) is 0 Å². The van der Waals surface area contributed by atoms with Crippen LogP contribution in [-0.2, 0) is 4.79 Å². The van der Waals surface area contributed by atoms with Crippen LogP contribution in [0.1, 0.15) is 13.3 Å². The number of rotatable bonds is 3. The molecule has 1 heterocycles. The van der Waals surface area contributed by atoms with Crippen molar-refractivity contribution in [2.24, 2.45) is 5.92 Å². The number of carbonyl (C=O) groups is 2. The zero-order valence-corrected chi connectivity index (χ0v) is 7.62. The third-order valence-corrected chi connectivity index (χ3v) is 2.04. The normalized spacial score (nSPS) is 16.5. The summed E-state index contributed by atoms with van der Waals surface area (Å²) in [5, 5.41) is 11.1. The van der Waals surface area contributed by atoms with Crippen molar-refractivity contribution in [1.82, 2.24) is 10.2 Å². The molecule has 2 N–H and O–H groups in total. The van der Waals surface area contributed by atoms with Crippen LogP contribution in [0.25, 0.3) is 0 Å². The van der Waals surface area contributed by atoms with Gasteiger partial charge in [0, 0.05) is 25.6 Å². The largest absolute Gasteiger partial charge is 0.481 e. The molecule has 0 aromatic carbocycles. The van der Waals surface area contributed by atoms with Crippen molar-refractivity contribution in [1.29, 1.82) is 0 Å². The molecule has 0 aliphatic carbocycles. The maximum Gasteiger partial charge on any atom is 0.317 e. The van der Waals surface area contributed by atoms with Crippen molar-refractivity contribution in [2.75, 3.05) is 19.6 Å². The van der Waals surface area contributed by atoms with Gasteiger partial charge in [-0.3, -0.25) is 4.79 Å². The zero-order chi connectivity index (χ0) is 9.84. The molecule has 0 atom stereocenters. The number of amides is 2. The lowest BCUT2D eigenvalue weighted by molar-refractivity contribution is -0.139. The number of aliphatic carboxylic acids is 1. The molecule has 1 rings (SSSR count). The van der Waals surface area contributed by atoms with E-state index in [4.69, 9.17) is 5.11 Å². The fourth-order valence-corrected chi connectivity index (χ4v) is 1.37. The summed E-state index contributed by atoms with van der Waals surface area (Å²) in [5.74, 6) is -0.652. The third kappa shape index (κ3) is 2.61. The first-order chi connectivity index (χ1) is 6.13. The number of nitrogens with one attached hydrogen (secondary N) is 1. The summed E-state index contributed by atoms with van der Waals surface area (Å²) in [7, 11) is 0. The maximum atomic E-state index is 11.1. The van der Waals surface area contributed by atoms with E-state index in [1.807, 2.05) is 6.92 Å². The van der Waals surface area contributed by atoms with Crippen LogP contribution in [0.4, 0.5) is 4.79 Å². The Morgan fingerprint density at radius 2 is 2.15 bits per heavy atom. The lowest BCUT2D eigenvalue weighted by Gasteiger charge is -2.38. The summed E-state index contributed by atoms with van der Waals surface area (Å²) in [6.45, 7) is 3.60. The molecule has 0 saturated carbocycles. The molecule has 1 fully saturated rings. The molecule has 0 unspecified atom stereocenters. The summed E-state index contributed by atoms with van der Waals surface area (Å²) >= 11 is 0. The Labute approximate surface area is 76.7 Å². The lowest BCUT2D eigenvalue weighted by Crippen LogP contribution is -2.54. The van der Waals surface area contributed by atoms with E-state index >= 15 is 0 Å². The Bertz CT molecular complexity index is 211. The molecule has 74 valence electrons. The number of hydrogen-bond donors (Lipinski definition) is 2. The van der Waals surface area contributed by atoms with Crippen molar-refractivity contribution in [3.05, 3.63) is 0 Å². The zero-order valence-electron chi connectivity index (χ0n) is 7.62. The van der Waals surface area contributed by atoms with Gasteiger partial charge in [0.1, 0.15) is 0 Å². The highest BCUT2D eigenvalue weighted by atomic mass is 16.4. The third-order valence-electron chi connectivity index (χ3n) is 2.04. The lowest BCUT2D eigenvalue weighted by atomic mass is 9.97. The van der Waals surface area contributed by atoms with Gasteiger partial charge in [0.25, 0.3) is 0 Å². The minimum Gasteiger partial charge on any atom is -0.481 e. The van der Waals surface area contributed by atoms with Crippen molar-refractivity contribution in [3.63, 3.8) is 0 Å². The second-order valence-electron chi connectivity index (χ2n) is 3.20. The first kappa shape index (κ1) is 9.83. The van der Waals surface area contributed by atoms with E-state index in [9.17, 15) is 9.59 Å². The fourth-order valence-electron chi connectivity index (χ4n) is 1.37. The minimum absolute atomic E-state index is 0.0934. The van der Waals surface area contributed by atoms with Crippen LogP contribution in [-0.4, -0.2) is 41.6 Å². The predicted molar refractivity (Wildman–Crippen MR) is 46.4 cm³/mol. The molecule has 1 saturated heterocycles. The molecule has 2 amide bonds. The topological polar surface area (TPSA) is 69.6 Å². The molecule has 5 heteroatoms. The van der Waals surface area contributed by atoms with Gasteiger partial charge in [0.15, 0.2) is 0 Å². The smallest absolute Gasteiger partial charge is 0.317 e. The van der Waals surface area contributed by atoms with Gasteiger partial charge in [-0.15, -0.1) is 0 Å². The van der Waals surface area contributed by atoms with E-state index in [0.717, 1.165) is 0 Å². The van der Waals surface area contributed by atoms with Gasteiger partial charge in [-0.2, -0.15) is 0 Å². The molecule has 5 nitrogen and oxygen atoms in total. The van der Waals surface area contributed by atoms with Crippen molar-refractivity contribution in [2.45, 2.75) is 13.3 Å². The van der Waals surface area contributed by atoms with Gasteiger partial charge in [-0.25, -0.2) is 4.79 Å². The second kappa shape index (κ2) is 4.11. The summed E-state index contributed by atoms with van der Waals surface area (Å²) in [5.41, 5.74) is 0. The van der Waals surface area contributed by atoms with Crippen LogP contribution in [0.3, 0.4) is 0 Å². The van der Waals surface area contributed by atoms with Crippen LogP contribution in [0.5, 0.6) is 0 Å². The molecule has 13 heavy (non-hydrogen) atoms. The minimum atomic E-state index is -0.791. The van der Waals surface area contributed by atoms with E-state index in [0.29, 0.717) is 19.6 Å². The number of hydrogen-bond acceptors (Lipinski definition) is 2. The molecule has 1 aliphatic heterocycles. The van der Waals surface area contributed by atoms with Crippen molar-refractivity contribution >= 4 is 12.0 Å². The van der Waals surface area contributed by atoms with E-state index < -0.39 is 5.97 Å². The number of likely N-dealkylation sites (tertiary alicyclic amines) is 1. The molecular formula is C8H14N2O3. The number of carbonyl (C=O) groups excluding carboxylic acids is 1. The average Bonchev–Trinajstić information content (AvgIpc) is 1.95. The Morgan fingerprint density at radius 1 is 1.54 bits per heavy atom. The highest BCUT2D eigenvalue weighted by molar-refractivity contribution is 5.75. The van der Waals surface area contributed by atoms with Crippen LogP contribution in [0.2, 0.25) is 0 Å². The molecule has 0 aromatic heterocycles. The van der Waals surface area contributed by atoms with Gasteiger partial charge < -0.3 is 15.3 Å². The van der Waals surface area contributed by atoms with Gasteiger partial charge in [-0.1, -0.05) is 0 Å². The second-order valence-corrected chi connectivity index (χ2v) is 3.20. The number of urea groups is 1. The maximum absolute atomic E-state index is 11.1. The van der Waals surface area contributed by atoms with Crippen molar-refractivity contribution < 1.29 is 14.7 Å². The number of carboxylic acid groups (broad SMARTS) is 1. The van der Waals surface area contributed by atoms with Gasteiger partial charge >= 0.3 is 12.0 Å². The SMILES string of the molecule is CCNC(=O)N1CC(CC(=O)O)C1. The Hall–Kier alpha value is -1.26. The Kier molecular flexibility index (Phi) is 3.11. The summed E-state index contributed by atoms with van der Waals surface area (Å²) < 4.78 is 0. The van der Waals surface area contributed by atoms with Crippen LogP contribution in [0.15, 0.2) is 0 Å². The molecular weight excluding hydrogens is 172 g/mol. The van der Waals surface area contributed by atoms with E-state index in [2.05, 4.69) is 5.32 Å². The summed E-state index contributed by atoms with van der Waals surface area (Å²) in [6.07, 6.45) is 0.163. The predicted octanol–water partition coefficient (Wildman–Crippen LogP) is 0.122. The number of nitrogens with zero attached hydrogens (tertiary/aromatic N) is 1. The Morgan fingerprint density at radius 3 is 2.62 bits per heavy atom. The number of carboxylic acids is 1. The van der Waals surface area contributed by atoms with E-state index in [1.54, 1.807) is 4.90 Å². The standard InChI is InChI=1S/C8H14N2O3/c1-2-9-8(13)10-4-6(5-10)3-7(11)12/h6H,2-5H2,1H3,(H,9,13)(H,11,12). The molecule has 0 radical (unpaired) electrons. The fraction of sp³-hybridized carbons (Fsp3) is 0.750. The highest BCUT2D eigenvalue weighted by Crippen LogP contribution is 2.18. The Balaban J connectivity index is 2.17. The van der Waals surface area contributed by atoms with Gasteiger partial charge in [-0.05, 0) is 6.92 Å². The van der Waals surface area contributed by atoms with Crippen LogP contribution < -0.4 is 5.32 Å².